The number of rotatable bonds is 4. The first-order valence-corrected chi connectivity index (χ1v) is 6.44. The highest BCUT2D eigenvalue weighted by molar-refractivity contribution is 5.05. The van der Waals surface area contributed by atoms with Crippen LogP contribution in [0.1, 0.15) is 23.5 Å². The lowest BCUT2D eigenvalue weighted by Gasteiger charge is -2.24. The molecule has 1 N–H and O–H groups in total. The molecule has 2 aromatic rings. The van der Waals surface area contributed by atoms with Crippen molar-refractivity contribution in [2.45, 2.75) is 26.0 Å². The molecule has 0 bridgehead atoms. The van der Waals surface area contributed by atoms with Crippen molar-refractivity contribution in [3.8, 4) is 0 Å². The van der Waals surface area contributed by atoms with Crippen LogP contribution >= 0.6 is 0 Å². The van der Waals surface area contributed by atoms with E-state index in [0.29, 0.717) is 5.89 Å². The fourth-order valence-corrected chi connectivity index (χ4v) is 2.20. The summed E-state index contributed by atoms with van der Waals surface area (Å²) in [7, 11) is 0. The second kappa shape index (κ2) is 5.50. The molecule has 3 heterocycles. The topological polar surface area (TPSA) is 78.0 Å². The van der Waals surface area contributed by atoms with E-state index in [1.807, 2.05) is 12.5 Å². The van der Waals surface area contributed by atoms with Gasteiger partial charge in [-0.15, -0.1) is 0 Å². The molecule has 0 saturated carbocycles. The fourth-order valence-electron chi connectivity index (χ4n) is 2.20. The number of hydrogen-bond donors (Lipinski definition) is 1. The van der Waals surface area contributed by atoms with Gasteiger partial charge in [-0.2, -0.15) is 4.98 Å². The van der Waals surface area contributed by atoms with Crippen LogP contribution in [0, 0.1) is 6.92 Å². The molecule has 2 aromatic heterocycles. The highest BCUT2D eigenvalue weighted by Gasteiger charge is 2.19. The van der Waals surface area contributed by atoms with E-state index in [-0.39, 0.29) is 6.10 Å². The molecule has 1 aliphatic rings. The molecule has 1 atom stereocenters. The Labute approximate surface area is 111 Å². The summed E-state index contributed by atoms with van der Waals surface area (Å²) in [6, 6.07) is 0. The molecule has 0 aliphatic carbocycles. The predicted octanol–water partition coefficient (Wildman–Crippen LogP) is 0.478. The van der Waals surface area contributed by atoms with Crippen molar-refractivity contribution in [2.75, 3.05) is 19.7 Å². The predicted molar refractivity (Wildman–Crippen MR) is 66.5 cm³/mol. The first-order chi connectivity index (χ1) is 9.33. The van der Waals surface area contributed by atoms with Crippen molar-refractivity contribution in [2.24, 2.45) is 0 Å². The maximum atomic E-state index is 5.75. The zero-order valence-corrected chi connectivity index (χ0v) is 10.9. The molecule has 7 heteroatoms. The van der Waals surface area contributed by atoms with Crippen LogP contribution in [0.2, 0.25) is 0 Å². The van der Waals surface area contributed by atoms with Gasteiger partial charge in [-0.05, 0) is 0 Å². The number of aromatic nitrogens is 4. The molecule has 0 amide bonds. The molecule has 7 nitrogen and oxygen atoms in total. The standard InChI is InChI=1S/C12H17N5O2/c1-9-15-12(16-19-9)2-4-17-8-14-6-10(17)11-7-13-3-5-18-11/h6,8,11,13H,2-5,7H2,1H3. The number of aryl methyl sites for hydroxylation is 3. The third kappa shape index (κ3) is 2.82. The number of ether oxygens (including phenoxy) is 1. The normalized spacial score (nSPS) is 19.7. The lowest BCUT2D eigenvalue weighted by atomic mass is 10.2. The highest BCUT2D eigenvalue weighted by Crippen LogP contribution is 2.18. The van der Waals surface area contributed by atoms with E-state index in [9.17, 15) is 0 Å². The van der Waals surface area contributed by atoms with Gasteiger partial charge < -0.3 is 19.1 Å². The van der Waals surface area contributed by atoms with Crippen LogP contribution in [0.25, 0.3) is 0 Å². The van der Waals surface area contributed by atoms with Crippen LogP contribution < -0.4 is 5.32 Å². The molecule has 0 radical (unpaired) electrons. The molecule has 3 rings (SSSR count). The van der Waals surface area contributed by atoms with Gasteiger partial charge in [-0.25, -0.2) is 4.98 Å². The Balaban J connectivity index is 1.66. The number of hydrogen-bond acceptors (Lipinski definition) is 6. The largest absolute Gasteiger partial charge is 0.369 e. The second-order valence-electron chi connectivity index (χ2n) is 4.56. The minimum absolute atomic E-state index is 0.0725. The third-order valence-corrected chi connectivity index (χ3v) is 3.15. The molecule has 1 saturated heterocycles. The molecule has 1 aliphatic heterocycles. The Bertz CT molecular complexity index is 530. The summed E-state index contributed by atoms with van der Waals surface area (Å²) < 4.78 is 12.8. The van der Waals surface area contributed by atoms with E-state index in [4.69, 9.17) is 9.26 Å². The summed E-state index contributed by atoms with van der Waals surface area (Å²) in [5.41, 5.74) is 1.09. The lowest BCUT2D eigenvalue weighted by molar-refractivity contribution is 0.0227. The molecule has 19 heavy (non-hydrogen) atoms. The second-order valence-corrected chi connectivity index (χ2v) is 4.56. The van der Waals surface area contributed by atoms with Gasteiger partial charge in [-0.3, -0.25) is 0 Å². The lowest BCUT2D eigenvalue weighted by Crippen LogP contribution is -2.34. The zero-order valence-electron chi connectivity index (χ0n) is 10.9. The minimum Gasteiger partial charge on any atom is -0.369 e. The van der Waals surface area contributed by atoms with E-state index in [2.05, 4.69) is 25.0 Å². The average molecular weight is 263 g/mol. The Morgan fingerprint density at radius 2 is 2.47 bits per heavy atom. The summed E-state index contributed by atoms with van der Waals surface area (Å²) in [5, 5.41) is 7.22. The summed E-state index contributed by atoms with van der Waals surface area (Å²) in [5.74, 6) is 1.32. The molecule has 1 fully saturated rings. The Kier molecular flexibility index (Phi) is 3.56. The van der Waals surface area contributed by atoms with Crippen LogP contribution in [-0.4, -0.2) is 39.4 Å². The molecular weight excluding hydrogens is 246 g/mol. The van der Waals surface area contributed by atoms with E-state index < -0.39 is 0 Å². The van der Waals surface area contributed by atoms with Crippen molar-refractivity contribution in [1.82, 2.24) is 25.0 Å². The number of imidazole rings is 1. The van der Waals surface area contributed by atoms with E-state index in [1.165, 1.54) is 0 Å². The number of nitrogens with one attached hydrogen (secondary N) is 1. The quantitative estimate of drug-likeness (QED) is 0.864. The van der Waals surface area contributed by atoms with E-state index in [1.54, 1.807) is 6.92 Å². The molecular formula is C12H17N5O2. The zero-order chi connectivity index (χ0) is 13.1. The van der Waals surface area contributed by atoms with Crippen molar-refractivity contribution in [3.05, 3.63) is 29.9 Å². The van der Waals surface area contributed by atoms with Gasteiger partial charge in [0.1, 0.15) is 6.10 Å². The Morgan fingerprint density at radius 3 is 3.21 bits per heavy atom. The highest BCUT2D eigenvalue weighted by atomic mass is 16.5. The van der Waals surface area contributed by atoms with Gasteiger partial charge in [0.15, 0.2) is 5.82 Å². The molecule has 102 valence electrons. The SMILES string of the molecule is Cc1nc(CCn2cncc2C2CNCCO2)no1. The maximum Gasteiger partial charge on any atom is 0.223 e. The smallest absolute Gasteiger partial charge is 0.223 e. The summed E-state index contributed by atoms with van der Waals surface area (Å²) in [6.07, 6.45) is 4.48. The molecule has 1 unspecified atom stereocenters. The summed E-state index contributed by atoms with van der Waals surface area (Å²) >= 11 is 0. The van der Waals surface area contributed by atoms with Crippen LogP contribution in [0.5, 0.6) is 0 Å². The first-order valence-electron chi connectivity index (χ1n) is 6.44. The third-order valence-electron chi connectivity index (χ3n) is 3.15. The monoisotopic (exact) mass is 263 g/mol. The Hall–Kier alpha value is -1.73. The van der Waals surface area contributed by atoms with Crippen molar-refractivity contribution < 1.29 is 9.26 Å². The van der Waals surface area contributed by atoms with Gasteiger partial charge in [-0.1, -0.05) is 5.16 Å². The van der Waals surface area contributed by atoms with Crippen molar-refractivity contribution in [1.29, 1.82) is 0 Å². The molecule has 0 aromatic carbocycles. The van der Waals surface area contributed by atoms with Gasteiger partial charge in [0.05, 0.1) is 24.8 Å². The Morgan fingerprint density at radius 1 is 1.53 bits per heavy atom. The van der Waals surface area contributed by atoms with E-state index in [0.717, 1.165) is 44.2 Å². The van der Waals surface area contributed by atoms with E-state index >= 15 is 0 Å². The maximum absolute atomic E-state index is 5.75. The summed E-state index contributed by atoms with van der Waals surface area (Å²) in [4.78, 5) is 8.40. The first kappa shape index (κ1) is 12.3. The van der Waals surface area contributed by atoms with Crippen molar-refractivity contribution in [3.63, 3.8) is 0 Å². The van der Waals surface area contributed by atoms with Crippen LogP contribution in [0.4, 0.5) is 0 Å². The molecule has 0 spiro atoms. The van der Waals surface area contributed by atoms with Gasteiger partial charge in [0.2, 0.25) is 5.89 Å². The fraction of sp³-hybridized carbons (Fsp3) is 0.583. The summed E-state index contributed by atoms with van der Waals surface area (Å²) in [6.45, 7) is 5.04. The number of morpholine rings is 1. The number of nitrogens with zero attached hydrogens (tertiary/aromatic N) is 4. The van der Waals surface area contributed by atoms with Crippen LogP contribution in [-0.2, 0) is 17.7 Å². The van der Waals surface area contributed by atoms with Crippen LogP contribution in [0.3, 0.4) is 0 Å². The van der Waals surface area contributed by atoms with Gasteiger partial charge in [0.25, 0.3) is 0 Å². The van der Waals surface area contributed by atoms with Gasteiger partial charge >= 0.3 is 0 Å². The van der Waals surface area contributed by atoms with Gasteiger partial charge in [0, 0.05) is 33.0 Å². The van der Waals surface area contributed by atoms with Crippen molar-refractivity contribution >= 4 is 0 Å². The van der Waals surface area contributed by atoms with Crippen LogP contribution in [0.15, 0.2) is 17.0 Å². The minimum atomic E-state index is 0.0725. The average Bonchev–Trinajstić information content (AvgIpc) is 3.06.